The van der Waals surface area contributed by atoms with E-state index in [0.717, 1.165) is 16.5 Å². The Morgan fingerprint density at radius 2 is 2.04 bits per heavy atom. The standard InChI is InChI=1S/C17H16N4O2/c1-11-18-8-7-15(20-11)17(22)19-10-12-9-16(23-2)21-14-6-4-3-5-13(12)14/h3-9H,10H2,1-2H3,(H,19,22). The molecule has 1 amide bonds. The van der Waals surface area contributed by atoms with Crippen LogP contribution in [0.2, 0.25) is 0 Å². The fourth-order valence-electron chi connectivity index (χ4n) is 2.32. The third kappa shape index (κ3) is 3.26. The number of nitrogens with zero attached hydrogens (tertiary/aromatic N) is 3. The van der Waals surface area contributed by atoms with Gasteiger partial charge in [-0.1, -0.05) is 18.2 Å². The Labute approximate surface area is 133 Å². The van der Waals surface area contributed by atoms with Crippen LogP contribution in [0.25, 0.3) is 10.9 Å². The molecule has 3 rings (SSSR count). The number of ether oxygens (including phenoxy) is 1. The highest BCUT2D eigenvalue weighted by molar-refractivity contribution is 5.92. The van der Waals surface area contributed by atoms with Crippen molar-refractivity contribution in [3.8, 4) is 5.88 Å². The lowest BCUT2D eigenvalue weighted by Gasteiger charge is -2.10. The maximum Gasteiger partial charge on any atom is 0.270 e. The second-order valence-electron chi connectivity index (χ2n) is 5.01. The van der Waals surface area contributed by atoms with Crippen LogP contribution >= 0.6 is 0 Å². The van der Waals surface area contributed by atoms with Gasteiger partial charge in [0.15, 0.2) is 0 Å². The van der Waals surface area contributed by atoms with E-state index >= 15 is 0 Å². The molecule has 0 aliphatic heterocycles. The van der Waals surface area contributed by atoms with Crippen molar-refractivity contribution < 1.29 is 9.53 Å². The number of fused-ring (bicyclic) bond motifs is 1. The van der Waals surface area contributed by atoms with Gasteiger partial charge in [0.2, 0.25) is 5.88 Å². The third-order valence-electron chi connectivity index (χ3n) is 3.44. The predicted molar refractivity (Wildman–Crippen MR) is 86.2 cm³/mol. The molecule has 6 heteroatoms. The molecule has 3 aromatic rings. The van der Waals surface area contributed by atoms with E-state index in [1.165, 1.54) is 0 Å². The lowest BCUT2D eigenvalue weighted by Crippen LogP contribution is -2.24. The van der Waals surface area contributed by atoms with Crippen molar-refractivity contribution in [3.05, 3.63) is 59.7 Å². The van der Waals surface area contributed by atoms with Crippen LogP contribution in [0.3, 0.4) is 0 Å². The van der Waals surface area contributed by atoms with E-state index in [-0.39, 0.29) is 5.91 Å². The molecule has 1 N–H and O–H groups in total. The topological polar surface area (TPSA) is 77.0 Å². The minimum absolute atomic E-state index is 0.240. The number of amides is 1. The fourth-order valence-corrected chi connectivity index (χ4v) is 2.32. The van der Waals surface area contributed by atoms with E-state index in [1.54, 1.807) is 26.3 Å². The highest BCUT2D eigenvalue weighted by Gasteiger charge is 2.10. The summed E-state index contributed by atoms with van der Waals surface area (Å²) in [5.74, 6) is 0.842. The molecule has 1 aromatic carbocycles. The van der Waals surface area contributed by atoms with Gasteiger partial charge in [-0.05, 0) is 24.6 Å². The molecule has 0 bridgehead atoms. The third-order valence-corrected chi connectivity index (χ3v) is 3.44. The van der Waals surface area contributed by atoms with E-state index in [9.17, 15) is 4.79 Å². The van der Waals surface area contributed by atoms with Crippen LogP contribution in [-0.4, -0.2) is 28.0 Å². The number of methoxy groups -OCH3 is 1. The predicted octanol–water partition coefficient (Wildman–Crippen LogP) is 2.27. The monoisotopic (exact) mass is 308 g/mol. The number of hydrogen-bond donors (Lipinski definition) is 1. The fraction of sp³-hybridized carbons (Fsp3) is 0.176. The van der Waals surface area contributed by atoms with Crippen molar-refractivity contribution in [2.75, 3.05) is 7.11 Å². The van der Waals surface area contributed by atoms with Crippen molar-refractivity contribution >= 4 is 16.8 Å². The molecule has 2 heterocycles. The number of aromatic nitrogens is 3. The van der Waals surface area contributed by atoms with Crippen molar-refractivity contribution in [1.82, 2.24) is 20.3 Å². The zero-order chi connectivity index (χ0) is 16.2. The van der Waals surface area contributed by atoms with Crippen LogP contribution in [0.1, 0.15) is 21.9 Å². The summed E-state index contributed by atoms with van der Waals surface area (Å²) >= 11 is 0. The molecule has 0 unspecified atom stereocenters. The minimum atomic E-state index is -0.240. The lowest BCUT2D eigenvalue weighted by molar-refractivity contribution is 0.0945. The maximum absolute atomic E-state index is 12.2. The SMILES string of the molecule is COc1cc(CNC(=O)c2ccnc(C)n2)c2ccccc2n1. The Hall–Kier alpha value is -3.02. The molecule has 2 aromatic heterocycles. The molecular weight excluding hydrogens is 292 g/mol. The molecular formula is C17H16N4O2. The van der Waals surface area contributed by atoms with Gasteiger partial charge in [-0.15, -0.1) is 0 Å². The first-order chi connectivity index (χ1) is 11.2. The molecule has 6 nitrogen and oxygen atoms in total. The van der Waals surface area contributed by atoms with Gasteiger partial charge < -0.3 is 10.1 Å². The number of aryl methyl sites for hydroxylation is 1. The second-order valence-corrected chi connectivity index (χ2v) is 5.01. The van der Waals surface area contributed by atoms with Gasteiger partial charge in [-0.3, -0.25) is 4.79 Å². The van der Waals surface area contributed by atoms with Crippen molar-refractivity contribution in [2.24, 2.45) is 0 Å². The Balaban J connectivity index is 1.85. The highest BCUT2D eigenvalue weighted by Crippen LogP contribution is 2.21. The number of hydrogen-bond acceptors (Lipinski definition) is 5. The zero-order valence-corrected chi connectivity index (χ0v) is 12.9. The van der Waals surface area contributed by atoms with E-state index < -0.39 is 0 Å². The minimum Gasteiger partial charge on any atom is -0.481 e. The largest absolute Gasteiger partial charge is 0.481 e. The van der Waals surface area contributed by atoms with Gasteiger partial charge in [0.05, 0.1) is 12.6 Å². The van der Waals surface area contributed by atoms with Crippen LogP contribution in [-0.2, 0) is 6.54 Å². The zero-order valence-electron chi connectivity index (χ0n) is 12.9. The molecule has 0 aliphatic carbocycles. The van der Waals surface area contributed by atoms with Gasteiger partial charge in [0.25, 0.3) is 5.91 Å². The van der Waals surface area contributed by atoms with Crippen LogP contribution in [0.4, 0.5) is 0 Å². The first-order valence-corrected chi connectivity index (χ1v) is 7.18. The van der Waals surface area contributed by atoms with Gasteiger partial charge in [-0.25, -0.2) is 15.0 Å². The number of carbonyl (C=O) groups excluding carboxylic acids is 1. The number of benzene rings is 1. The average molecular weight is 308 g/mol. The normalized spacial score (nSPS) is 10.5. The van der Waals surface area contributed by atoms with E-state index in [0.29, 0.717) is 23.9 Å². The van der Waals surface area contributed by atoms with E-state index in [1.807, 2.05) is 30.3 Å². The van der Waals surface area contributed by atoms with Gasteiger partial charge >= 0.3 is 0 Å². The molecule has 116 valence electrons. The summed E-state index contributed by atoms with van der Waals surface area (Å²) in [5, 5.41) is 3.85. The summed E-state index contributed by atoms with van der Waals surface area (Å²) in [6.07, 6.45) is 1.57. The van der Waals surface area contributed by atoms with Gasteiger partial charge in [0, 0.05) is 24.2 Å². The smallest absolute Gasteiger partial charge is 0.270 e. The summed E-state index contributed by atoms with van der Waals surface area (Å²) in [6, 6.07) is 11.2. The lowest BCUT2D eigenvalue weighted by atomic mass is 10.1. The summed E-state index contributed by atoms with van der Waals surface area (Å²) in [5.41, 5.74) is 2.11. The first kappa shape index (κ1) is 14.9. The Kier molecular flexibility index (Phi) is 4.14. The van der Waals surface area contributed by atoms with Crippen molar-refractivity contribution in [1.29, 1.82) is 0 Å². The summed E-state index contributed by atoms with van der Waals surface area (Å²) in [6.45, 7) is 2.11. The molecule has 0 aliphatic rings. The number of para-hydroxylation sites is 1. The van der Waals surface area contributed by atoms with Crippen LogP contribution < -0.4 is 10.1 Å². The summed E-state index contributed by atoms with van der Waals surface area (Å²) in [4.78, 5) is 24.7. The Bertz CT molecular complexity index is 864. The summed E-state index contributed by atoms with van der Waals surface area (Å²) < 4.78 is 5.23. The van der Waals surface area contributed by atoms with E-state index in [4.69, 9.17) is 4.74 Å². The number of pyridine rings is 1. The first-order valence-electron chi connectivity index (χ1n) is 7.18. The summed E-state index contributed by atoms with van der Waals surface area (Å²) in [7, 11) is 1.57. The molecule has 0 atom stereocenters. The average Bonchev–Trinajstić information content (AvgIpc) is 2.59. The van der Waals surface area contributed by atoms with Gasteiger partial charge in [-0.2, -0.15) is 0 Å². The second kappa shape index (κ2) is 6.39. The number of nitrogens with one attached hydrogen (secondary N) is 1. The number of rotatable bonds is 4. The van der Waals surface area contributed by atoms with Crippen molar-refractivity contribution in [2.45, 2.75) is 13.5 Å². The molecule has 0 radical (unpaired) electrons. The number of carbonyl (C=O) groups is 1. The molecule has 0 saturated carbocycles. The Morgan fingerprint density at radius 3 is 2.83 bits per heavy atom. The van der Waals surface area contributed by atoms with Crippen LogP contribution in [0.15, 0.2) is 42.6 Å². The molecule has 0 fully saturated rings. The molecule has 0 saturated heterocycles. The Morgan fingerprint density at radius 1 is 1.22 bits per heavy atom. The maximum atomic E-state index is 12.2. The molecule has 23 heavy (non-hydrogen) atoms. The van der Waals surface area contributed by atoms with Crippen LogP contribution in [0.5, 0.6) is 5.88 Å². The quantitative estimate of drug-likeness (QED) is 0.800. The molecule has 0 spiro atoms. The highest BCUT2D eigenvalue weighted by atomic mass is 16.5. The van der Waals surface area contributed by atoms with Crippen LogP contribution in [0, 0.1) is 6.92 Å². The van der Waals surface area contributed by atoms with E-state index in [2.05, 4.69) is 20.3 Å². The van der Waals surface area contributed by atoms with Crippen molar-refractivity contribution in [3.63, 3.8) is 0 Å². The van der Waals surface area contributed by atoms with Gasteiger partial charge in [0.1, 0.15) is 11.5 Å².